The molecule has 0 radical (unpaired) electrons. The van der Waals surface area contributed by atoms with Gasteiger partial charge >= 0.3 is 0 Å². The molecule has 4 heteroatoms. The molecule has 0 heterocycles. The van der Waals surface area contributed by atoms with Crippen molar-refractivity contribution < 1.29 is 14.3 Å². The van der Waals surface area contributed by atoms with E-state index in [2.05, 4.69) is 17.5 Å². The minimum absolute atomic E-state index is 0.332. The molecule has 0 aromatic carbocycles. The molecule has 136 valence electrons. The summed E-state index contributed by atoms with van der Waals surface area (Å²) in [5, 5.41) is 2.59. The van der Waals surface area contributed by atoms with Crippen molar-refractivity contribution in [3.05, 3.63) is 23.3 Å². The number of hydrogen-bond acceptors (Lipinski definition) is 3. The first-order valence-electron chi connectivity index (χ1n) is 9.47. The average molecular weight is 335 g/mol. The van der Waals surface area contributed by atoms with Gasteiger partial charge in [-0.2, -0.15) is 0 Å². The molecule has 0 aromatic heterocycles. The zero-order chi connectivity index (χ0) is 17.5. The second-order valence-corrected chi connectivity index (χ2v) is 6.26. The van der Waals surface area contributed by atoms with Crippen LogP contribution in [0.15, 0.2) is 23.3 Å². The molecule has 0 aliphatic heterocycles. The summed E-state index contributed by atoms with van der Waals surface area (Å²) in [6.07, 6.45) is 16.6. The summed E-state index contributed by atoms with van der Waals surface area (Å²) in [6, 6.07) is 0. The summed E-state index contributed by atoms with van der Waals surface area (Å²) in [5.41, 5.74) is 3.03. The van der Waals surface area contributed by atoms with Gasteiger partial charge in [0, 0.05) is 19.8 Å². The minimum Gasteiger partial charge on any atom is -0.382 e. The first-order chi connectivity index (χ1) is 11.8. The molecule has 0 fully saturated rings. The van der Waals surface area contributed by atoms with Crippen LogP contribution in [0.1, 0.15) is 71.1 Å². The fourth-order valence-corrected chi connectivity index (χ4v) is 3.01. The number of carbonyl (C=O) groups excluding carboxylic acids is 2. The second-order valence-electron chi connectivity index (χ2n) is 6.26. The van der Waals surface area contributed by atoms with E-state index >= 15 is 0 Å². The molecule has 0 saturated heterocycles. The summed E-state index contributed by atoms with van der Waals surface area (Å²) in [4.78, 5) is 21.1. The Kier molecular flexibility index (Phi) is 12.0. The number of rotatable bonds is 14. The Labute approximate surface area is 146 Å². The Balaban J connectivity index is 2.14. The van der Waals surface area contributed by atoms with Crippen LogP contribution >= 0.6 is 0 Å². The second kappa shape index (κ2) is 14.0. The third kappa shape index (κ3) is 9.66. The zero-order valence-corrected chi connectivity index (χ0v) is 15.1. The maximum absolute atomic E-state index is 10.9. The summed E-state index contributed by atoms with van der Waals surface area (Å²) in [5.74, 6) is -0.517. The van der Waals surface area contributed by atoms with Crippen LogP contribution in [0.5, 0.6) is 0 Å². The van der Waals surface area contributed by atoms with Gasteiger partial charge in [-0.05, 0) is 69.4 Å². The third-order valence-corrected chi connectivity index (χ3v) is 4.33. The molecular weight excluding hydrogens is 302 g/mol. The van der Waals surface area contributed by atoms with E-state index in [1.165, 1.54) is 49.7 Å². The smallest absolute Gasteiger partial charge is 0.284 e. The summed E-state index contributed by atoms with van der Waals surface area (Å²) < 4.78 is 5.37. The van der Waals surface area contributed by atoms with E-state index in [0.717, 1.165) is 38.9 Å². The first-order valence-corrected chi connectivity index (χ1v) is 9.47. The maximum atomic E-state index is 10.9. The molecule has 1 aliphatic rings. The summed E-state index contributed by atoms with van der Waals surface area (Å²) >= 11 is 0. The Morgan fingerprint density at radius 1 is 1.04 bits per heavy atom. The molecule has 0 atom stereocenters. The van der Waals surface area contributed by atoms with Crippen LogP contribution in [-0.2, 0) is 14.3 Å². The number of ether oxygens (including phenoxy) is 1. The molecule has 0 unspecified atom stereocenters. The van der Waals surface area contributed by atoms with Crippen molar-refractivity contribution in [1.29, 1.82) is 0 Å². The quantitative estimate of drug-likeness (QED) is 0.295. The van der Waals surface area contributed by atoms with Gasteiger partial charge in [-0.15, -0.1) is 0 Å². The van der Waals surface area contributed by atoms with Crippen molar-refractivity contribution in [2.45, 2.75) is 71.1 Å². The topological polar surface area (TPSA) is 55.4 Å². The lowest BCUT2D eigenvalue weighted by atomic mass is 9.90. The molecule has 0 aromatic rings. The number of allylic oxidation sites excluding steroid dienone is 4. The van der Waals surface area contributed by atoms with Crippen molar-refractivity contribution in [2.24, 2.45) is 0 Å². The van der Waals surface area contributed by atoms with Crippen molar-refractivity contribution >= 4 is 12.2 Å². The van der Waals surface area contributed by atoms with Crippen LogP contribution in [-0.4, -0.2) is 32.0 Å². The standard InChI is InChI=1S/C20H33NO3/c1-2-24-16-10-4-3-5-11-18-12-6-7-13-19(18)14-8-9-15-21-20(23)17-22/h12-13,17H,2-11,14-16H2,1H3,(H,21,23). The molecule has 1 N–H and O–H groups in total. The molecule has 1 amide bonds. The number of hydrogen-bond donors (Lipinski definition) is 1. The van der Waals surface area contributed by atoms with Gasteiger partial charge in [-0.25, -0.2) is 0 Å². The van der Waals surface area contributed by atoms with E-state index in [1.807, 2.05) is 6.92 Å². The average Bonchev–Trinajstić information content (AvgIpc) is 2.61. The monoisotopic (exact) mass is 335 g/mol. The SMILES string of the molecule is CCOCCCCCCC1=CCCC=C1CCCCNC(=O)C=O. The number of amides is 1. The molecule has 24 heavy (non-hydrogen) atoms. The van der Waals surface area contributed by atoms with Crippen LogP contribution in [0.4, 0.5) is 0 Å². The predicted molar refractivity (Wildman–Crippen MR) is 97.9 cm³/mol. The largest absolute Gasteiger partial charge is 0.382 e. The van der Waals surface area contributed by atoms with Gasteiger partial charge in [0.15, 0.2) is 0 Å². The van der Waals surface area contributed by atoms with E-state index in [0.29, 0.717) is 12.8 Å². The van der Waals surface area contributed by atoms with E-state index in [9.17, 15) is 9.59 Å². The molecule has 1 rings (SSSR count). The van der Waals surface area contributed by atoms with E-state index < -0.39 is 5.91 Å². The van der Waals surface area contributed by atoms with Gasteiger partial charge in [0.2, 0.25) is 6.29 Å². The Bertz CT molecular complexity index is 427. The van der Waals surface area contributed by atoms with Crippen LogP contribution < -0.4 is 5.32 Å². The fourth-order valence-electron chi connectivity index (χ4n) is 3.01. The van der Waals surface area contributed by atoms with Crippen molar-refractivity contribution in [1.82, 2.24) is 5.32 Å². The Morgan fingerprint density at radius 2 is 1.67 bits per heavy atom. The molecular formula is C20H33NO3. The highest BCUT2D eigenvalue weighted by molar-refractivity contribution is 6.23. The number of unbranched alkanes of at least 4 members (excludes halogenated alkanes) is 4. The number of nitrogens with one attached hydrogen (secondary N) is 1. The van der Waals surface area contributed by atoms with Gasteiger partial charge in [0.25, 0.3) is 5.91 Å². The lowest BCUT2D eigenvalue weighted by Gasteiger charge is -2.16. The molecule has 0 spiro atoms. The first kappa shape index (κ1) is 20.6. The molecule has 0 saturated carbocycles. The normalized spacial score (nSPS) is 14.0. The van der Waals surface area contributed by atoms with Crippen molar-refractivity contribution in [3.63, 3.8) is 0 Å². The summed E-state index contributed by atoms with van der Waals surface area (Å²) in [6.45, 7) is 4.34. The molecule has 4 nitrogen and oxygen atoms in total. The highest BCUT2D eigenvalue weighted by Gasteiger charge is 2.09. The van der Waals surface area contributed by atoms with Crippen LogP contribution in [0.25, 0.3) is 0 Å². The van der Waals surface area contributed by atoms with E-state index in [4.69, 9.17) is 4.74 Å². The Hall–Kier alpha value is -1.42. The number of carbonyl (C=O) groups is 2. The van der Waals surface area contributed by atoms with Crippen molar-refractivity contribution in [3.8, 4) is 0 Å². The lowest BCUT2D eigenvalue weighted by molar-refractivity contribution is -0.131. The van der Waals surface area contributed by atoms with Crippen LogP contribution in [0.3, 0.4) is 0 Å². The molecule has 0 bridgehead atoms. The maximum Gasteiger partial charge on any atom is 0.284 e. The van der Waals surface area contributed by atoms with E-state index in [1.54, 1.807) is 0 Å². The number of aldehydes is 1. The van der Waals surface area contributed by atoms with Gasteiger partial charge in [0.05, 0.1) is 0 Å². The van der Waals surface area contributed by atoms with Crippen LogP contribution in [0, 0.1) is 0 Å². The highest BCUT2D eigenvalue weighted by atomic mass is 16.5. The Morgan fingerprint density at radius 3 is 2.29 bits per heavy atom. The van der Waals surface area contributed by atoms with Gasteiger partial charge < -0.3 is 10.1 Å². The zero-order valence-electron chi connectivity index (χ0n) is 15.1. The predicted octanol–water partition coefficient (Wildman–Crippen LogP) is 4.11. The third-order valence-electron chi connectivity index (χ3n) is 4.33. The molecule has 1 aliphatic carbocycles. The van der Waals surface area contributed by atoms with E-state index in [-0.39, 0.29) is 0 Å². The summed E-state index contributed by atoms with van der Waals surface area (Å²) in [7, 11) is 0. The van der Waals surface area contributed by atoms with Gasteiger partial charge in [-0.1, -0.05) is 25.0 Å². The fraction of sp³-hybridized carbons (Fsp3) is 0.700. The highest BCUT2D eigenvalue weighted by Crippen LogP contribution is 2.27. The van der Waals surface area contributed by atoms with Crippen LogP contribution in [0.2, 0.25) is 0 Å². The lowest BCUT2D eigenvalue weighted by Crippen LogP contribution is -2.25. The minimum atomic E-state index is -0.517. The van der Waals surface area contributed by atoms with Gasteiger partial charge in [-0.3, -0.25) is 9.59 Å². The van der Waals surface area contributed by atoms with Gasteiger partial charge in [0.1, 0.15) is 0 Å². The van der Waals surface area contributed by atoms with Crippen molar-refractivity contribution in [2.75, 3.05) is 19.8 Å².